The fraction of sp³-hybridized carbons (Fsp3) is 0.476. The fourth-order valence-corrected chi connectivity index (χ4v) is 3.66. The molecule has 8 nitrogen and oxygen atoms in total. The van der Waals surface area contributed by atoms with Crippen LogP contribution in [0.2, 0.25) is 0 Å². The number of hydrogen-bond acceptors (Lipinski definition) is 7. The number of nitrogens with one attached hydrogen (secondary N) is 1. The van der Waals surface area contributed by atoms with Gasteiger partial charge in [0.2, 0.25) is 5.95 Å². The van der Waals surface area contributed by atoms with Gasteiger partial charge in [0.05, 0.1) is 24.6 Å². The zero-order chi connectivity index (χ0) is 20.2. The van der Waals surface area contributed by atoms with Crippen molar-refractivity contribution in [2.75, 3.05) is 74.6 Å². The van der Waals surface area contributed by atoms with Gasteiger partial charge in [-0.3, -0.25) is 4.79 Å². The van der Waals surface area contributed by atoms with Crippen molar-refractivity contribution in [2.45, 2.75) is 6.92 Å². The molecule has 0 saturated carbocycles. The zero-order valence-corrected chi connectivity index (χ0v) is 17.1. The van der Waals surface area contributed by atoms with Gasteiger partial charge in [0.1, 0.15) is 5.69 Å². The summed E-state index contributed by atoms with van der Waals surface area (Å²) < 4.78 is 5.45. The van der Waals surface area contributed by atoms with Crippen molar-refractivity contribution in [2.24, 2.45) is 0 Å². The maximum atomic E-state index is 13.0. The van der Waals surface area contributed by atoms with Gasteiger partial charge in [-0.05, 0) is 32.2 Å². The van der Waals surface area contributed by atoms with Gasteiger partial charge < -0.3 is 24.8 Å². The van der Waals surface area contributed by atoms with Crippen molar-refractivity contribution in [3.63, 3.8) is 0 Å². The van der Waals surface area contributed by atoms with Gasteiger partial charge in [-0.15, -0.1) is 0 Å². The average Bonchev–Trinajstić information content (AvgIpc) is 2.75. The van der Waals surface area contributed by atoms with Crippen LogP contribution in [0.5, 0.6) is 0 Å². The van der Waals surface area contributed by atoms with E-state index in [0.717, 1.165) is 56.3 Å². The Morgan fingerprint density at radius 2 is 1.72 bits per heavy atom. The molecule has 0 unspecified atom stereocenters. The molecule has 154 valence electrons. The molecule has 4 rings (SSSR count). The second kappa shape index (κ2) is 8.75. The van der Waals surface area contributed by atoms with Crippen LogP contribution in [0.15, 0.2) is 30.3 Å². The van der Waals surface area contributed by atoms with E-state index in [1.165, 1.54) is 0 Å². The normalized spacial score (nSPS) is 18.0. The molecule has 2 aliphatic heterocycles. The lowest BCUT2D eigenvalue weighted by Crippen LogP contribution is -2.45. The Labute approximate surface area is 171 Å². The summed E-state index contributed by atoms with van der Waals surface area (Å²) in [5, 5.41) is 3.05. The Balaban J connectivity index is 1.53. The number of likely N-dealkylation sites (N-methyl/N-ethyl adjacent to an activating group) is 1. The van der Waals surface area contributed by atoms with E-state index in [-0.39, 0.29) is 5.91 Å². The van der Waals surface area contributed by atoms with E-state index in [1.807, 2.05) is 31.2 Å². The van der Waals surface area contributed by atoms with E-state index in [1.54, 1.807) is 6.07 Å². The van der Waals surface area contributed by atoms with Gasteiger partial charge >= 0.3 is 0 Å². The molecule has 0 bridgehead atoms. The summed E-state index contributed by atoms with van der Waals surface area (Å²) in [7, 11) is 2.11. The lowest BCUT2D eigenvalue weighted by Gasteiger charge is -2.32. The molecule has 0 spiro atoms. The third-order valence-corrected chi connectivity index (χ3v) is 5.37. The number of piperazine rings is 1. The van der Waals surface area contributed by atoms with Crippen LogP contribution < -0.4 is 15.1 Å². The maximum absolute atomic E-state index is 13.0. The summed E-state index contributed by atoms with van der Waals surface area (Å²) in [5.74, 6) is 0.413. The monoisotopic (exact) mass is 396 g/mol. The highest BCUT2D eigenvalue weighted by molar-refractivity contribution is 6.04. The number of anilines is 3. The van der Waals surface area contributed by atoms with E-state index in [2.05, 4.69) is 37.0 Å². The van der Waals surface area contributed by atoms with E-state index >= 15 is 0 Å². The number of benzene rings is 1. The van der Waals surface area contributed by atoms with Crippen LogP contribution in [0.1, 0.15) is 16.2 Å². The molecule has 2 saturated heterocycles. The molecule has 0 radical (unpaired) electrons. The van der Waals surface area contributed by atoms with Crippen LogP contribution in [0.4, 0.5) is 17.3 Å². The summed E-state index contributed by atoms with van der Waals surface area (Å²) in [4.78, 5) is 28.8. The quantitative estimate of drug-likeness (QED) is 0.842. The maximum Gasteiger partial charge on any atom is 0.274 e. The lowest BCUT2D eigenvalue weighted by molar-refractivity contribution is 0.102. The first kappa shape index (κ1) is 19.6. The first-order chi connectivity index (χ1) is 14.1. The Kier molecular flexibility index (Phi) is 5.92. The van der Waals surface area contributed by atoms with E-state index < -0.39 is 0 Å². The third-order valence-electron chi connectivity index (χ3n) is 5.37. The van der Waals surface area contributed by atoms with Crippen LogP contribution in [0.25, 0.3) is 0 Å². The topological polar surface area (TPSA) is 73.8 Å². The molecule has 0 atom stereocenters. The summed E-state index contributed by atoms with van der Waals surface area (Å²) in [6.45, 7) is 8.57. The van der Waals surface area contributed by atoms with E-state index in [0.29, 0.717) is 24.9 Å². The number of carbonyl (C=O) groups is 1. The van der Waals surface area contributed by atoms with Gasteiger partial charge in [-0.1, -0.05) is 12.1 Å². The molecule has 2 aliphatic rings. The van der Waals surface area contributed by atoms with Gasteiger partial charge in [0, 0.05) is 45.0 Å². The van der Waals surface area contributed by atoms with Gasteiger partial charge in [-0.2, -0.15) is 0 Å². The molecule has 1 aromatic carbocycles. The van der Waals surface area contributed by atoms with E-state index in [9.17, 15) is 4.79 Å². The minimum absolute atomic E-state index is 0.216. The minimum atomic E-state index is -0.216. The number of para-hydroxylation sites is 2. The number of hydrogen-bond donors (Lipinski definition) is 1. The second-order valence-electron chi connectivity index (χ2n) is 7.56. The number of amides is 1. The van der Waals surface area contributed by atoms with Gasteiger partial charge in [0.25, 0.3) is 5.91 Å². The Morgan fingerprint density at radius 3 is 2.48 bits per heavy atom. The second-order valence-corrected chi connectivity index (χ2v) is 7.56. The Hall–Kier alpha value is -2.71. The highest BCUT2D eigenvalue weighted by atomic mass is 16.5. The number of aryl methyl sites for hydroxylation is 1. The summed E-state index contributed by atoms with van der Waals surface area (Å²) in [6, 6.07) is 9.62. The molecule has 0 aliphatic carbocycles. The molecule has 8 heteroatoms. The molecule has 29 heavy (non-hydrogen) atoms. The third kappa shape index (κ3) is 4.65. The number of ether oxygens (including phenoxy) is 1. The molecule has 2 fully saturated rings. The minimum Gasteiger partial charge on any atom is -0.378 e. The molecular weight excluding hydrogens is 368 g/mol. The number of morpholine rings is 1. The van der Waals surface area contributed by atoms with Crippen LogP contribution in [0.3, 0.4) is 0 Å². The van der Waals surface area contributed by atoms with Gasteiger partial charge in [-0.25, -0.2) is 9.97 Å². The van der Waals surface area contributed by atoms with Gasteiger partial charge in [0.15, 0.2) is 0 Å². The molecule has 1 amide bonds. The Morgan fingerprint density at radius 1 is 1.00 bits per heavy atom. The smallest absolute Gasteiger partial charge is 0.274 e. The molecule has 2 aromatic rings. The first-order valence-corrected chi connectivity index (χ1v) is 10.1. The highest BCUT2D eigenvalue weighted by Gasteiger charge is 2.20. The molecular formula is C21H28N6O2. The SMILES string of the molecule is Cc1cc(C(=O)Nc2ccccc2N2CCOCC2)nc(N2CCN(C)CC2)n1. The number of aromatic nitrogens is 2. The number of nitrogens with zero attached hydrogens (tertiary/aromatic N) is 5. The number of rotatable bonds is 4. The predicted octanol–water partition coefficient (Wildman–Crippen LogP) is 1.63. The largest absolute Gasteiger partial charge is 0.378 e. The van der Waals surface area contributed by atoms with Crippen molar-refractivity contribution in [3.8, 4) is 0 Å². The predicted molar refractivity (Wildman–Crippen MR) is 114 cm³/mol. The standard InChI is InChI=1S/C21H28N6O2/c1-16-15-18(24-21(22-16)27-9-7-25(2)8-10-27)20(28)23-17-5-3-4-6-19(17)26-11-13-29-14-12-26/h3-6,15H,7-14H2,1-2H3,(H,23,28). The Bertz CT molecular complexity index is 860. The molecule has 1 aromatic heterocycles. The van der Waals surface area contributed by atoms with Crippen LogP contribution >= 0.6 is 0 Å². The van der Waals surface area contributed by atoms with Crippen molar-refractivity contribution in [1.29, 1.82) is 0 Å². The summed E-state index contributed by atoms with van der Waals surface area (Å²) >= 11 is 0. The van der Waals surface area contributed by atoms with Crippen molar-refractivity contribution >= 4 is 23.2 Å². The van der Waals surface area contributed by atoms with E-state index in [4.69, 9.17) is 4.74 Å². The van der Waals surface area contributed by atoms with Crippen molar-refractivity contribution in [1.82, 2.24) is 14.9 Å². The first-order valence-electron chi connectivity index (χ1n) is 10.1. The highest BCUT2D eigenvalue weighted by Crippen LogP contribution is 2.27. The molecule has 3 heterocycles. The van der Waals surface area contributed by atoms with Crippen LogP contribution in [-0.4, -0.2) is 80.3 Å². The molecule has 1 N–H and O–H groups in total. The van der Waals surface area contributed by atoms with Crippen molar-refractivity contribution in [3.05, 3.63) is 41.7 Å². The van der Waals surface area contributed by atoms with Crippen molar-refractivity contribution < 1.29 is 9.53 Å². The average molecular weight is 396 g/mol. The summed E-state index contributed by atoms with van der Waals surface area (Å²) in [5.41, 5.74) is 2.98. The number of carbonyl (C=O) groups excluding carboxylic acids is 1. The zero-order valence-electron chi connectivity index (χ0n) is 17.1. The summed E-state index contributed by atoms with van der Waals surface area (Å²) in [6.07, 6.45) is 0. The fourth-order valence-electron chi connectivity index (χ4n) is 3.66. The lowest BCUT2D eigenvalue weighted by atomic mass is 10.2. The van der Waals surface area contributed by atoms with Crippen LogP contribution in [0, 0.1) is 6.92 Å². The van der Waals surface area contributed by atoms with Crippen LogP contribution in [-0.2, 0) is 4.74 Å².